The molecular weight excluding hydrogens is 160 g/mol. The third-order valence-electron chi connectivity index (χ3n) is 4.65. The van der Waals surface area contributed by atoms with Crippen LogP contribution >= 0.6 is 0 Å². The van der Waals surface area contributed by atoms with Gasteiger partial charge in [0.1, 0.15) is 0 Å². The Labute approximate surface area is 80.7 Å². The Balaban J connectivity index is 1.84. The van der Waals surface area contributed by atoms with Crippen molar-refractivity contribution in [3.05, 3.63) is 0 Å². The van der Waals surface area contributed by atoms with Crippen LogP contribution in [0.4, 0.5) is 0 Å². The number of likely N-dealkylation sites (tertiary alicyclic amines) is 1. The molecule has 0 radical (unpaired) electrons. The van der Waals surface area contributed by atoms with Gasteiger partial charge in [-0.1, -0.05) is 13.8 Å². The molecule has 1 N–H and O–H groups in total. The summed E-state index contributed by atoms with van der Waals surface area (Å²) in [6.45, 7) is 10.1. The third-order valence-corrected chi connectivity index (χ3v) is 4.65. The van der Waals surface area contributed by atoms with Crippen LogP contribution in [0.15, 0.2) is 0 Å². The van der Waals surface area contributed by atoms with Gasteiger partial charge in [-0.15, -0.1) is 0 Å². The molecule has 0 amide bonds. The molecule has 3 fully saturated rings. The number of rotatable bonds is 1. The predicted molar refractivity (Wildman–Crippen MR) is 53.7 cm³/mol. The van der Waals surface area contributed by atoms with Gasteiger partial charge in [0.15, 0.2) is 0 Å². The van der Waals surface area contributed by atoms with E-state index in [1.165, 1.54) is 39.0 Å². The maximum Gasteiger partial charge on any atom is 0.00969 e. The number of hydrogen-bond acceptors (Lipinski definition) is 2. The van der Waals surface area contributed by atoms with Crippen molar-refractivity contribution in [3.8, 4) is 0 Å². The van der Waals surface area contributed by atoms with Gasteiger partial charge in [-0.05, 0) is 12.8 Å². The minimum atomic E-state index is 0.551. The molecule has 2 heteroatoms. The van der Waals surface area contributed by atoms with Crippen molar-refractivity contribution in [3.63, 3.8) is 0 Å². The standard InChI is InChI=1S/C11H20N2/c1-10-5-12-6-11(10,2)8-13(7-10)9-3-4-9/h9,12H,3-8H2,1-2H3/t10-,11+. The van der Waals surface area contributed by atoms with Gasteiger partial charge in [-0.3, -0.25) is 4.90 Å². The first-order chi connectivity index (χ1) is 6.13. The average Bonchev–Trinajstić information content (AvgIpc) is 2.76. The van der Waals surface area contributed by atoms with Gasteiger partial charge in [0.25, 0.3) is 0 Å². The molecule has 2 nitrogen and oxygen atoms in total. The van der Waals surface area contributed by atoms with E-state index < -0.39 is 0 Å². The first kappa shape index (κ1) is 8.25. The summed E-state index contributed by atoms with van der Waals surface area (Å²) in [5.74, 6) is 0. The lowest BCUT2D eigenvalue weighted by Gasteiger charge is -2.31. The van der Waals surface area contributed by atoms with Crippen molar-refractivity contribution < 1.29 is 0 Å². The fourth-order valence-corrected chi connectivity index (χ4v) is 3.18. The minimum absolute atomic E-state index is 0.551. The topological polar surface area (TPSA) is 15.3 Å². The van der Waals surface area contributed by atoms with Crippen molar-refractivity contribution in [2.75, 3.05) is 26.2 Å². The number of nitrogens with zero attached hydrogens (tertiary/aromatic N) is 1. The largest absolute Gasteiger partial charge is 0.316 e. The molecule has 13 heavy (non-hydrogen) atoms. The van der Waals surface area contributed by atoms with Gasteiger partial charge < -0.3 is 5.32 Å². The Kier molecular flexibility index (Phi) is 1.45. The molecule has 2 saturated heterocycles. The van der Waals surface area contributed by atoms with Crippen LogP contribution in [0.2, 0.25) is 0 Å². The van der Waals surface area contributed by atoms with E-state index in [2.05, 4.69) is 24.1 Å². The highest BCUT2D eigenvalue weighted by Gasteiger charge is 2.56. The fraction of sp³-hybridized carbons (Fsp3) is 1.00. The molecule has 2 heterocycles. The third kappa shape index (κ3) is 1.02. The molecule has 2 atom stereocenters. The normalized spacial score (nSPS) is 51.2. The molecule has 0 aromatic carbocycles. The van der Waals surface area contributed by atoms with Crippen LogP contribution in [0.25, 0.3) is 0 Å². The van der Waals surface area contributed by atoms with E-state index in [0.717, 1.165) is 6.04 Å². The zero-order valence-corrected chi connectivity index (χ0v) is 8.77. The van der Waals surface area contributed by atoms with Crippen molar-refractivity contribution in [2.24, 2.45) is 10.8 Å². The lowest BCUT2D eigenvalue weighted by Crippen LogP contribution is -2.34. The lowest BCUT2D eigenvalue weighted by atomic mass is 9.71. The highest BCUT2D eigenvalue weighted by molar-refractivity contribution is 5.10. The summed E-state index contributed by atoms with van der Waals surface area (Å²) in [4.78, 5) is 2.74. The molecule has 1 aliphatic carbocycles. The molecule has 2 aliphatic heterocycles. The summed E-state index contributed by atoms with van der Waals surface area (Å²) >= 11 is 0. The van der Waals surface area contributed by atoms with Crippen LogP contribution in [-0.2, 0) is 0 Å². The summed E-state index contributed by atoms with van der Waals surface area (Å²) < 4.78 is 0. The SMILES string of the molecule is C[C@@]12CNC[C@]1(C)CN(C1CC1)C2. The van der Waals surface area contributed by atoms with Gasteiger partial charge in [0, 0.05) is 43.1 Å². The molecular formula is C11H20N2. The molecule has 0 aromatic heterocycles. The van der Waals surface area contributed by atoms with Crippen LogP contribution in [0.1, 0.15) is 26.7 Å². The van der Waals surface area contributed by atoms with Crippen LogP contribution in [-0.4, -0.2) is 37.1 Å². The van der Waals surface area contributed by atoms with Crippen LogP contribution in [0.5, 0.6) is 0 Å². The monoisotopic (exact) mass is 180 g/mol. The second kappa shape index (κ2) is 2.29. The molecule has 74 valence electrons. The van der Waals surface area contributed by atoms with Crippen molar-refractivity contribution in [2.45, 2.75) is 32.7 Å². The van der Waals surface area contributed by atoms with E-state index in [-0.39, 0.29) is 0 Å². The quantitative estimate of drug-likeness (QED) is 0.649. The molecule has 1 saturated carbocycles. The summed E-state index contributed by atoms with van der Waals surface area (Å²) in [5, 5.41) is 3.56. The first-order valence-corrected chi connectivity index (χ1v) is 5.58. The predicted octanol–water partition coefficient (Wildman–Crippen LogP) is 1.08. The molecule has 0 aromatic rings. The Morgan fingerprint density at radius 2 is 1.62 bits per heavy atom. The van der Waals surface area contributed by atoms with Gasteiger partial charge in [-0.2, -0.15) is 0 Å². The average molecular weight is 180 g/mol. The van der Waals surface area contributed by atoms with Gasteiger partial charge in [-0.25, -0.2) is 0 Å². The highest BCUT2D eigenvalue weighted by Crippen LogP contribution is 2.50. The van der Waals surface area contributed by atoms with Crippen molar-refractivity contribution >= 4 is 0 Å². The summed E-state index contributed by atoms with van der Waals surface area (Å²) in [6, 6.07) is 0.958. The smallest absolute Gasteiger partial charge is 0.00969 e. The Bertz CT molecular complexity index is 218. The van der Waals surface area contributed by atoms with Crippen LogP contribution in [0.3, 0.4) is 0 Å². The van der Waals surface area contributed by atoms with E-state index in [9.17, 15) is 0 Å². The Morgan fingerprint density at radius 1 is 1.08 bits per heavy atom. The van der Waals surface area contributed by atoms with Crippen molar-refractivity contribution in [1.29, 1.82) is 0 Å². The van der Waals surface area contributed by atoms with E-state index in [4.69, 9.17) is 0 Å². The van der Waals surface area contributed by atoms with Gasteiger partial charge in [0.05, 0.1) is 0 Å². The van der Waals surface area contributed by atoms with E-state index in [1.54, 1.807) is 0 Å². The first-order valence-electron chi connectivity index (χ1n) is 5.58. The van der Waals surface area contributed by atoms with E-state index >= 15 is 0 Å². The maximum absolute atomic E-state index is 3.56. The molecule has 0 bridgehead atoms. The number of fused-ring (bicyclic) bond motifs is 1. The van der Waals surface area contributed by atoms with Crippen LogP contribution in [0, 0.1) is 10.8 Å². The molecule has 0 unspecified atom stereocenters. The summed E-state index contributed by atoms with van der Waals surface area (Å²) in [6.07, 6.45) is 2.92. The van der Waals surface area contributed by atoms with E-state index in [1.807, 2.05) is 0 Å². The van der Waals surface area contributed by atoms with Crippen LogP contribution < -0.4 is 5.32 Å². The minimum Gasteiger partial charge on any atom is -0.316 e. The molecule has 3 aliphatic rings. The maximum atomic E-state index is 3.56. The summed E-state index contributed by atoms with van der Waals surface area (Å²) in [7, 11) is 0. The highest BCUT2D eigenvalue weighted by atomic mass is 15.3. The number of hydrogen-bond donors (Lipinski definition) is 1. The number of nitrogens with one attached hydrogen (secondary N) is 1. The van der Waals surface area contributed by atoms with Gasteiger partial charge >= 0.3 is 0 Å². The van der Waals surface area contributed by atoms with Crippen molar-refractivity contribution in [1.82, 2.24) is 10.2 Å². The second-order valence-electron chi connectivity index (χ2n) is 5.86. The summed E-state index contributed by atoms with van der Waals surface area (Å²) in [5.41, 5.74) is 1.10. The van der Waals surface area contributed by atoms with Gasteiger partial charge in [0.2, 0.25) is 0 Å². The molecule has 0 spiro atoms. The molecule has 3 rings (SSSR count). The Hall–Kier alpha value is -0.0800. The van der Waals surface area contributed by atoms with E-state index in [0.29, 0.717) is 10.8 Å². The zero-order chi connectivity index (χ0) is 9.10. The second-order valence-corrected chi connectivity index (χ2v) is 5.86. The fourth-order valence-electron chi connectivity index (χ4n) is 3.18. The zero-order valence-electron chi connectivity index (χ0n) is 8.77. The lowest BCUT2D eigenvalue weighted by molar-refractivity contribution is 0.212. The Morgan fingerprint density at radius 3 is 2.08 bits per heavy atom.